The molecule has 0 radical (unpaired) electrons. The highest BCUT2D eigenvalue weighted by Gasteiger charge is 2.18. The van der Waals surface area contributed by atoms with E-state index >= 15 is 0 Å². The minimum atomic E-state index is -0.487. The van der Waals surface area contributed by atoms with Crippen molar-refractivity contribution < 1.29 is 5.11 Å². The molecule has 3 heteroatoms. The van der Waals surface area contributed by atoms with Gasteiger partial charge in [0.15, 0.2) is 0 Å². The van der Waals surface area contributed by atoms with E-state index in [9.17, 15) is 5.11 Å². The fourth-order valence-corrected chi connectivity index (χ4v) is 2.77. The molecular formula is C12H12BrClO. The van der Waals surface area contributed by atoms with Gasteiger partial charge >= 0.3 is 0 Å². The lowest BCUT2D eigenvalue weighted by atomic mass is 10.0. The fourth-order valence-electron chi connectivity index (χ4n) is 1.87. The number of benzene rings is 1. The highest BCUT2D eigenvalue weighted by molar-refractivity contribution is 9.10. The molecule has 0 aromatic heterocycles. The van der Waals surface area contributed by atoms with Gasteiger partial charge in [-0.3, -0.25) is 0 Å². The third-order valence-electron chi connectivity index (χ3n) is 2.68. The maximum absolute atomic E-state index is 10.2. The lowest BCUT2D eigenvalue weighted by molar-refractivity contribution is 0.212. The maximum Gasteiger partial charge on any atom is 0.101 e. The van der Waals surface area contributed by atoms with Crippen LogP contribution < -0.4 is 0 Å². The Balaban J connectivity index is 2.28. The number of halogens is 2. The molecule has 15 heavy (non-hydrogen) atoms. The molecule has 1 aliphatic carbocycles. The highest BCUT2D eigenvalue weighted by Crippen LogP contribution is 2.35. The van der Waals surface area contributed by atoms with Gasteiger partial charge in [0.2, 0.25) is 0 Å². The Morgan fingerprint density at radius 1 is 1.40 bits per heavy atom. The molecule has 0 saturated carbocycles. The van der Waals surface area contributed by atoms with Crippen LogP contribution in [0.25, 0.3) is 0 Å². The Kier molecular flexibility index (Phi) is 3.49. The normalized spacial score (nSPS) is 17.7. The average Bonchev–Trinajstić information content (AvgIpc) is 2.69. The molecule has 1 unspecified atom stereocenters. The van der Waals surface area contributed by atoms with Gasteiger partial charge in [0.1, 0.15) is 6.10 Å². The molecule has 0 amide bonds. The van der Waals surface area contributed by atoms with Crippen molar-refractivity contribution in [2.45, 2.75) is 25.4 Å². The van der Waals surface area contributed by atoms with E-state index in [0.29, 0.717) is 5.02 Å². The van der Waals surface area contributed by atoms with Gasteiger partial charge in [0.25, 0.3) is 0 Å². The van der Waals surface area contributed by atoms with Crippen LogP contribution in [0, 0.1) is 0 Å². The Hall–Kier alpha value is -0.310. The molecule has 0 heterocycles. The highest BCUT2D eigenvalue weighted by atomic mass is 79.9. The van der Waals surface area contributed by atoms with Crippen LogP contribution in [0.5, 0.6) is 0 Å². The molecule has 1 nitrogen and oxygen atoms in total. The summed E-state index contributed by atoms with van der Waals surface area (Å²) in [5.41, 5.74) is 2.02. The van der Waals surface area contributed by atoms with Crippen LogP contribution in [0.3, 0.4) is 0 Å². The summed E-state index contributed by atoms with van der Waals surface area (Å²) in [5, 5.41) is 10.8. The zero-order valence-electron chi connectivity index (χ0n) is 8.21. The molecular weight excluding hydrogens is 275 g/mol. The average molecular weight is 288 g/mol. The quantitative estimate of drug-likeness (QED) is 0.806. The lowest BCUT2D eigenvalue weighted by Crippen LogP contribution is -2.00. The molecule has 0 aliphatic heterocycles. The zero-order valence-corrected chi connectivity index (χ0v) is 10.6. The predicted octanol–water partition coefficient (Wildman–Crippen LogP) is 4.25. The van der Waals surface area contributed by atoms with E-state index in [1.165, 1.54) is 0 Å². The summed E-state index contributed by atoms with van der Waals surface area (Å²) in [5.74, 6) is 0. The van der Waals surface area contributed by atoms with Gasteiger partial charge in [0, 0.05) is 9.50 Å². The Morgan fingerprint density at radius 2 is 2.20 bits per heavy atom. The van der Waals surface area contributed by atoms with E-state index in [0.717, 1.165) is 34.9 Å². The summed E-state index contributed by atoms with van der Waals surface area (Å²) >= 11 is 9.28. The van der Waals surface area contributed by atoms with Crippen molar-refractivity contribution in [1.29, 1.82) is 0 Å². The molecule has 1 N–H and O–H groups in total. The van der Waals surface area contributed by atoms with E-state index in [1.54, 1.807) is 6.07 Å². The Labute approximate surface area is 103 Å². The van der Waals surface area contributed by atoms with E-state index in [1.807, 2.05) is 12.1 Å². The fraction of sp³-hybridized carbons (Fsp3) is 0.333. The van der Waals surface area contributed by atoms with Crippen molar-refractivity contribution in [2.75, 3.05) is 0 Å². The molecule has 1 aromatic carbocycles. The second kappa shape index (κ2) is 4.69. The van der Waals surface area contributed by atoms with Crippen LogP contribution in [0.2, 0.25) is 5.02 Å². The van der Waals surface area contributed by atoms with Crippen molar-refractivity contribution in [1.82, 2.24) is 0 Å². The minimum absolute atomic E-state index is 0.487. The second-order valence-corrected chi connectivity index (χ2v) is 5.03. The molecule has 0 bridgehead atoms. The van der Waals surface area contributed by atoms with Crippen LogP contribution >= 0.6 is 27.5 Å². The number of hydrogen-bond acceptors (Lipinski definition) is 1. The van der Waals surface area contributed by atoms with Gasteiger partial charge in [-0.2, -0.15) is 0 Å². The molecule has 0 fully saturated rings. The summed E-state index contributed by atoms with van der Waals surface area (Å²) in [6.07, 6.45) is 4.87. The number of aliphatic hydroxyl groups is 1. The van der Waals surface area contributed by atoms with Gasteiger partial charge in [-0.05, 0) is 42.5 Å². The summed E-state index contributed by atoms with van der Waals surface area (Å²) in [7, 11) is 0. The first kappa shape index (κ1) is 11.2. The third kappa shape index (κ3) is 2.44. The van der Waals surface area contributed by atoms with Gasteiger partial charge in [-0.25, -0.2) is 0 Å². The predicted molar refractivity (Wildman–Crippen MR) is 66.0 cm³/mol. The maximum atomic E-state index is 10.2. The van der Waals surface area contributed by atoms with Crippen molar-refractivity contribution in [3.63, 3.8) is 0 Å². The van der Waals surface area contributed by atoms with Crippen molar-refractivity contribution in [2.24, 2.45) is 0 Å². The largest absolute Gasteiger partial charge is 0.384 e. The van der Waals surface area contributed by atoms with E-state index in [4.69, 9.17) is 11.6 Å². The number of aliphatic hydroxyl groups excluding tert-OH is 1. The first-order chi connectivity index (χ1) is 7.18. The van der Waals surface area contributed by atoms with Crippen molar-refractivity contribution >= 4 is 27.5 Å². The van der Waals surface area contributed by atoms with Crippen molar-refractivity contribution in [3.8, 4) is 0 Å². The van der Waals surface area contributed by atoms with Gasteiger partial charge in [-0.1, -0.05) is 39.7 Å². The lowest BCUT2D eigenvalue weighted by Gasteiger charge is -2.14. The summed E-state index contributed by atoms with van der Waals surface area (Å²) in [4.78, 5) is 0. The standard InChI is InChI=1S/C12H12BrClO/c13-11-7-9(14)5-6-10(11)12(15)8-3-1-2-4-8/h3,5-7,12,15H,1-2,4H2. The van der Waals surface area contributed by atoms with Gasteiger partial charge in [-0.15, -0.1) is 0 Å². The van der Waals surface area contributed by atoms with Crippen LogP contribution in [0.15, 0.2) is 34.3 Å². The van der Waals surface area contributed by atoms with Crippen LogP contribution in [-0.2, 0) is 0 Å². The van der Waals surface area contributed by atoms with Gasteiger partial charge < -0.3 is 5.11 Å². The first-order valence-electron chi connectivity index (χ1n) is 5.00. The third-order valence-corrected chi connectivity index (χ3v) is 3.61. The van der Waals surface area contributed by atoms with E-state index in [-0.39, 0.29) is 0 Å². The molecule has 1 aromatic rings. The minimum Gasteiger partial charge on any atom is -0.384 e. The van der Waals surface area contributed by atoms with Gasteiger partial charge in [0.05, 0.1) is 0 Å². The van der Waals surface area contributed by atoms with Crippen molar-refractivity contribution in [3.05, 3.63) is 44.9 Å². The Bertz CT molecular complexity index is 401. The second-order valence-electron chi connectivity index (χ2n) is 3.74. The molecule has 1 atom stereocenters. The summed E-state index contributed by atoms with van der Waals surface area (Å²) in [6, 6.07) is 5.49. The molecule has 80 valence electrons. The van der Waals surface area contributed by atoms with Crippen LogP contribution in [0.4, 0.5) is 0 Å². The molecule has 1 aliphatic rings. The Morgan fingerprint density at radius 3 is 2.80 bits per heavy atom. The first-order valence-corrected chi connectivity index (χ1v) is 6.17. The van der Waals surface area contributed by atoms with E-state index in [2.05, 4.69) is 22.0 Å². The topological polar surface area (TPSA) is 20.2 Å². The monoisotopic (exact) mass is 286 g/mol. The molecule has 0 saturated heterocycles. The number of allylic oxidation sites excluding steroid dienone is 1. The molecule has 2 rings (SSSR count). The smallest absolute Gasteiger partial charge is 0.101 e. The summed E-state index contributed by atoms with van der Waals surface area (Å²) < 4.78 is 0.871. The number of hydrogen-bond donors (Lipinski definition) is 1. The SMILES string of the molecule is OC(C1=CCCC1)c1ccc(Cl)cc1Br. The molecule has 0 spiro atoms. The van der Waals surface area contributed by atoms with Crippen LogP contribution in [-0.4, -0.2) is 5.11 Å². The number of rotatable bonds is 2. The zero-order chi connectivity index (χ0) is 10.8. The summed E-state index contributed by atoms with van der Waals surface area (Å²) in [6.45, 7) is 0. The van der Waals surface area contributed by atoms with Crippen LogP contribution in [0.1, 0.15) is 30.9 Å². The van der Waals surface area contributed by atoms with E-state index < -0.39 is 6.10 Å².